The van der Waals surface area contributed by atoms with Gasteiger partial charge < -0.3 is 29.0 Å². The minimum absolute atomic E-state index is 0.0860. The zero-order valence-electron chi connectivity index (χ0n) is 33.6. The number of halogens is 1. The van der Waals surface area contributed by atoms with Gasteiger partial charge in [0, 0.05) is 29.4 Å². The first-order chi connectivity index (χ1) is 26.5. The van der Waals surface area contributed by atoms with Crippen LogP contribution in [-0.4, -0.2) is 67.9 Å². The molecule has 2 aromatic rings. The summed E-state index contributed by atoms with van der Waals surface area (Å²) in [6, 6.07) is -1.03. The lowest BCUT2D eigenvalue weighted by Crippen LogP contribution is -2.79. The van der Waals surface area contributed by atoms with Gasteiger partial charge in [0.15, 0.2) is 22.7 Å². The molecule has 13 heteroatoms. The fraction of sp³-hybridized carbons (Fsp3) is 0.558. The first-order valence-electron chi connectivity index (χ1n) is 19.5. The van der Waals surface area contributed by atoms with Crippen LogP contribution >= 0.6 is 11.6 Å². The number of hydrogen-bond donors (Lipinski definition) is 1. The number of aromatic nitrogens is 3. The van der Waals surface area contributed by atoms with E-state index in [0.717, 1.165) is 17.6 Å². The van der Waals surface area contributed by atoms with E-state index in [1.54, 1.807) is 13.0 Å². The zero-order valence-corrected chi connectivity index (χ0v) is 34.3. The van der Waals surface area contributed by atoms with E-state index < -0.39 is 58.3 Å². The number of anilines is 1. The highest BCUT2D eigenvalue weighted by molar-refractivity contribution is 6.26. The van der Waals surface area contributed by atoms with Gasteiger partial charge in [-0.05, 0) is 93.2 Å². The summed E-state index contributed by atoms with van der Waals surface area (Å²) in [6.07, 6.45) is 14.1. The summed E-state index contributed by atoms with van der Waals surface area (Å²) >= 11 is 6.14. The second kappa shape index (κ2) is 13.3. The third kappa shape index (κ3) is 5.45. The second-order valence-electron chi connectivity index (χ2n) is 17.4. The molecule has 8 atom stereocenters. The van der Waals surface area contributed by atoms with E-state index in [1.807, 2.05) is 44.5 Å². The summed E-state index contributed by atoms with van der Waals surface area (Å²) in [4.78, 5) is 46.0. The number of carbonyl (C=O) groups excluding carboxylic acids is 3. The molecule has 8 unspecified atom stereocenters. The molecule has 56 heavy (non-hydrogen) atoms. The van der Waals surface area contributed by atoms with Crippen molar-refractivity contribution < 1.29 is 38.1 Å². The molecular weight excluding hydrogens is 736 g/mol. The Hall–Kier alpha value is -4.42. The molecule has 1 N–H and O–H groups in total. The highest BCUT2D eigenvalue weighted by Crippen LogP contribution is 2.75. The molecule has 5 heterocycles. The van der Waals surface area contributed by atoms with E-state index >= 15 is 4.79 Å². The molecule has 1 aromatic carbocycles. The second-order valence-corrected chi connectivity index (χ2v) is 17.7. The quantitative estimate of drug-likeness (QED) is 0.0839. The van der Waals surface area contributed by atoms with Crippen LogP contribution in [0.5, 0.6) is 17.2 Å². The minimum atomic E-state index is -1.49. The first-order valence-corrected chi connectivity index (χ1v) is 20.0. The Balaban J connectivity index is 1.44. The van der Waals surface area contributed by atoms with Gasteiger partial charge in [-0.15, -0.1) is 11.6 Å². The number of methoxy groups -OCH3 is 1. The van der Waals surface area contributed by atoms with Crippen molar-refractivity contribution in [3.05, 3.63) is 64.0 Å². The van der Waals surface area contributed by atoms with Crippen LogP contribution in [0.25, 0.3) is 6.08 Å². The van der Waals surface area contributed by atoms with Gasteiger partial charge in [0.2, 0.25) is 5.95 Å². The normalized spacial score (nSPS) is 32.1. The first kappa shape index (κ1) is 38.5. The monoisotopic (exact) mass is 786 g/mol. The van der Waals surface area contributed by atoms with Crippen LogP contribution in [0, 0.1) is 17.8 Å². The third-order valence-corrected chi connectivity index (χ3v) is 13.1. The Labute approximate surface area is 332 Å². The smallest absolute Gasteiger partial charge is 0.333 e. The molecule has 1 saturated heterocycles. The predicted molar refractivity (Wildman–Crippen MR) is 210 cm³/mol. The van der Waals surface area contributed by atoms with Crippen molar-refractivity contribution in [2.75, 3.05) is 18.3 Å². The van der Waals surface area contributed by atoms with Gasteiger partial charge in [0.25, 0.3) is 0 Å². The zero-order chi connectivity index (χ0) is 40.1. The maximum absolute atomic E-state index is 15.4. The number of esters is 2. The molecule has 1 spiro atoms. The van der Waals surface area contributed by atoms with Crippen molar-refractivity contribution in [2.45, 2.75) is 122 Å². The van der Waals surface area contributed by atoms with Crippen LogP contribution in [0.1, 0.15) is 110 Å². The lowest BCUT2D eigenvalue weighted by Gasteiger charge is -2.66. The molecule has 298 valence electrons. The van der Waals surface area contributed by atoms with Gasteiger partial charge >= 0.3 is 11.9 Å². The summed E-state index contributed by atoms with van der Waals surface area (Å²) in [7, 11) is 1.34. The van der Waals surface area contributed by atoms with Crippen LogP contribution in [-0.2, 0) is 30.3 Å². The largest absolute Gasteiger partial charge is 0.482 e. The maximum Gasteiger partial charge on any atom is 0.333 e. The highest BCUT2D eigenvalue weighted by atomic mass is 35.5. The van der Waals surface area contributed by atoms with Crippen molar-refractivity contribution >= 4 is 41.3 Å². The number of nitrogens with zero attached hydrogens (tertiary/aromatic N) is 3. The van der Waals surface area contributed by atoms with Gasteiger partial charge in [-0.3, -0.25) is 9.59 Å². The molecule has 12 nitrogen and oxygen atoms in total. The lowest BCUT2D eigenvalue weighted by molar-refractivity contribution is -0.224. The molecule has 9 rings (SSSR count). The van der Waals surface area contributed by atoms with Crippen molar-refractivity contribution in [1.29, 1.82) is 0 Å². The van der Waals surface area contributed by atoms with E-state index in [0.29, 0.717) is 59.2 Å². The van der Waals surface area contributed by atoms with Crippen LogP contribution in [0.15, 0.2) is 47.4 Å². The van der Waals surface area contributed by atoms with Gasteiger partial charge in [0.05, 0.1) is 41.8 Å². The van der Waals surface area contributed by atoms with Crippen LogP contribution in [0.3, 0.4) is 0 Å². The fourth-order valence-electron chi connectivity index (χ4n) is 10.6. The number of fused-ring (bicyclic) bond motifs is 4. The van der Waals surface area contributed by atoms with Gasteiger partial charge in [0.1, 0.15) is 29.3 Å². The summed E-state index contributed by atoms with van der Waals surface area (Å²) < 4.78 is 35.1. The van der Waals surface area contributed by atoms with Crippen molar-refractivity contribution in [3.8, 4) is 17.2 Å². The van der Waals surface area contributed by atoms with Crippen molar-refractivity contribution in [3.63, 3.8) is 0 Å². The number of benzene rings is 1. The third-order valence-electron chi connectivity index (χ3n) is 12.9. The molecular formula is C43H51ClN4O8. The Morgan fingerprint density at radius 1 is 1.07 bits per heavy atom. The molecule has 0 amide bonds. The number of carbonyl (C=O) groups is 3. The molecule has 4 fully saturated rings. The molecule has 4 bridgehead atoms. The Morgan fingerprint density at radius 2 is 1.82 bits per heavy atom. The number of nitrogens with one attached hydrogen (secondary N) is 1. The number of ether oxygens (including phenoxy) is 5. The molecule has 3 aliphatic carbocycles. The number of allylic oxidation sites excluding steroid dienone is 4. The number of ketones is 1. The van der Waals surface area contributed by atoms with Crippen LogP contribution in [0.2, 0.25) is 0 Å². The summed E-state index contributed by atoms with van der Waals surface area (Å²) in [5.74, 6) is -0.985. The Kier molecular flexibility index (Phi) is 9.15. The topological polar surface area (TPSA) is 140 Å². The number of rotatable bonds is 10. The van der Waals surface area contributed by atoms with Gasteiger partial charge in [-0.2, -0.15) is 10.1 Å². The lowest BCUT2D eigenvalue weighted by atomic mass is 9.44. The average molecular weight is 787 g/mol. The standard InChI is InChI=1S/C43H51ClN4O8/c1-22(2)11-10-16-41(8)17-15-26-34(54-41)25(13-12-23(3)4)36-30(35(26)53-29(49)20-44)32-31-33(48-39(47-32)45-21-46-48)27-19-28-40(6,7)56-42(37(27)50,43(28,31)55-36)18-14-24(5)38(51)52-9/h11-12,14-15,17,21,27-28,31-33H,10,13,16,18-20H2,1-9H3,(H,45,46,47)/b24-14-. The molecule has 0 radical (unpaired) electrons. The Bertz CT molecular complexity index is 2160. The summed E-state index contributed by atoms with van der Waals surface area (Å²) in [5, 5.41) is 8.35. The average Bonchev–Trinajstić information content (AvgIpc) is 3.67. The van der Waals surface area contributed by atoms with Crippen LogP contribution < -0.4 is 19.5 Å². The molecule has 3 saturated carbocycles. The SMILES string of the molecule is COC(=O)/C(C)=C\CC12OC(C)(C)C3CC(C1=O)C1C4C(Nc5ncnn51)c1c(OC(=O)CCl)c5c(c(CC=C(C)C)c1OC432)OC(C)(CCC=C(C)C)C=C5. The molecule has 7 aliphatic rings. The van der Waals surface area contributed by atoms with E-state index in [-0.39, 0.29) is 24.0 Å². The van der Waals surface area contributed by atoms with Gasteiger partial charge in [-0.25, -0.2) is 9.48 Å². The van der Waals surface area contributed by atoms with Crippen molar-refractivity contribution in [1.82, 2.24) is 14.8 Å². The van der Waals surface area contributed by atoms with E-state index in [2.05, 4.69) is 48.3 Å². The van der Waals surface area contributed by atoms with E-state index in [4.69, 9.17) is 35.3 Å². The summed E-state index contributed by atoms with van der Waals surface area (Å²) in [5.41, 5.74) is 0.433. The number of Topliss-reactive ketones (excluding diaryl/α,β-unsaturated/α-hetero) is 1. The summed E-state index contributed by atoms with van der Waals surface area (Å²) in [6.45, 7) is 16.0. The Morgan fingerprint density at radius 3 is 2.52 bits per heavy atom. The fourth-order valence-corrected chi connectivity index (χ4v) is 10.7. The maximum atomic E-state index is 15.4. The highest BCUT2D eigenvalue weighted by Gasteiger charge is 2.86. The van der Waals surface area contributed by atoms with Crippen molar-refractivity contribution in [2.24, 2.45) is 17.8 Å². The molecule has 1 aromatic heterocycles. The molecule has 4 aliphatic heterocycles. The van der Waals surface area contributed by atoms with Gasteiger partial charge in [-0.1, -0.05) is 29.4 Å². The number of hydrogen-bond acceptors (Lipinski definition) is 11. The van der Waals surface area contributed by atoms with E-state index in [9.17, 15) is 9.59 Å². The predicted octanol–water partition coefficient (Wildman–Crippen LogP) is 7.57. The minimum Gasteiger partial charge on any atom is -0.482 e. The van der Waals surface area contributed by atoms with Crippen LogP contribution in [0.4, 0.5) is 5.95 Å². The number of alkyl halides is 1. The van der Waals surface area contributed by atoms with E-state index in [1.165, 1.54) is 19.0 Å².